The van der Waals surface area contributed by atoms with Gasteiger partial charge >= 0.3 is 0 Å². The highest BCUT2D eigenvalue weighted by Crippen LogP contribution is 2.16. The minimum atomic E-state index is -1.43. The highest BCUT2D eigenvalue weighted by molar-refractivity contribution is 5.95. The second-order valence-corrected chi connectivity index (χ2v) is 13.1. The summed E-state index contributed by atoms with van der Waals surface area (Å²) in [6, 6.07) is 11.5. The van der Waals surface area contributed by atoms with Crippen LogP contribution in [0.15, 0.2) is 67.3 Å². The summed E-state index contributed by atoms with van der Waals surface area (Å²) in [7, 11) is 0. The van der Waals surface area contributed by atoms with Crippen LogP contribution in [0.25, 0.3) is 0 Å². The van der Waals surface area contributed by atoms with E-state index in [1.54, 1.807) is 49.1 Å². The number of aryl methyl sites for hydroxylation is 1. The highest BCUT2D eigenvalue weighted by Gasteiger charge is 2.34. The maximum absolute atomic E-state index is 13.6. The number of hydrogen-bond acceptors (Lipinski definition) is 9. The molecule has 6 atom stereocenters. The summed E-state index contributed by atoms with van der Waals surface area (Å²) in [6.07, 6.45) is 2.75. The number of ether oxygens (including phenoxy) is 1. The zero-order valence-electron chi connectivity index (χ0n) is 29.4. The van der Waals surface area contributed by atoms with Crippen LogP contribution in [0.3, 0.4) is 0 Å². The number of hydrogen-bond donors (Lipinski definition) is 6. The Bertz CT molecular complexity index is 1600. The van der Waals surface area contributed by atoms with Gasteiger partial charge < -0.3 is 36.4 Å². The lowest BCUT2D eigenvalue weighted by molar-refractivity contribution is -0.136. The summed E-state index contributed by atoms with van der Waals surface area (Å²) in [5.41, 5.74) is 1.69. The van der Waals surface area contributed by atoms with E-state index in [2.05, 4.69) is 36.7 Å². The van der Waals surface area contributed by atoms with Crippen LogP contribution in [-0.2, 0) is 43.4 Å². The van der Waals surface area contributed by atoms with Crippen LogP contribution in [0.1, 0.15) is 51.7 Å². The first-order valence-corrected chi connectivity index (χ1v) is 17.2. The molecule has 6 N–H and O–H groups in total. The highest BCUT2D eigenvalue weighted by atomic mass is 16.5. The topological polar surface area (TPSA) is 206 Å². The average molecular weight is 705 g/mol. The second-order valence-electron chi connectivity index (χ2n) is 13.1. The van der Waals surface area contributed by atoms with E-state index in [1.165, 1.54) is 20.2 Å². The number of nitrogens with one attached hydrogen (secondary N) is 5. The van der Waals surface area contributed by atoms with Crippen molar-refractivity contribution >= 4 is 29.5 Å². The van der Waals surface area contributed by atoms with Gasteiger partial charge in [-0.2, -0.15) is 5.10 Å². The first kappa shape index (κ1) is 38.5. The van der Waals surface area contributed by atoms with Crippen LogP contribution in [0.2, 0.25) is 0 Å². The zero-order chi connectivity index (χ0) is 36.9. The summed E-state index contributed by atoms with van der Waals surface area (Å²) in [4.78, 5) is 70.7. The number of aromatic nitrogens is 3. The molecule has 2 aromatic carbocycles. The molecular formula is C36H48N8O7. The van der Waals surface area contributed by atoms with Gasteiger partial charge in [-0.05, 0) is 55.9 Å². The molecule has 0 fully saturated rings. The van der Waals surface area contributed by atoms with E-state index in [-0.39, 0.29) is 31.3 Å². The Hall–Kier alpha value is -5.31. The third-order valence-corrected chi connectivity index (χ3v) is 8.46. The Morgan fingerprint density at radius 2 is 1.61 bits per heavy atom. The maximum Gasteiger partial charge on any atom is 0.245 e. The van der Waals surface area contributed by atoms with Crippen LogP contribution in [0.4, 0.5) is 0 Å². The van der Waals surface area contributed by atoms with Gasteiger partial charge in [0.15, 0.2) is 0 Å². The Kier molecular flexibility index (Phi) is 14.1. The van der Waals surface area contributed by atoms with Gasteiger partial charge in [0.05, 0.1) is 12.1 Å². The predicted molar refractivity (Wildman–Crippen MR) is 187 cm³/mol. The van der Waals surface area contributed by atoms with Gasteiger partial charge in [0.25, 0.3) is 0 Å². The van der Waals surface area contributed by atoms with Crippen molar-refractivity contribution < 1.29 is 33.8 Å². The largest absolute Gasteiger partial charge is 0.491 e. The Balaban J connectivity index is 1.59. The zero-order valence-corrected chi connectivity index (χ0v) is 29.4. The lowest BCUT2D eigenvalue weighted by Gasteiger charge is -2.29. The number of nitrogens with zero attached hydrogens (tertiary/aromatic N) is 3. The van der Waals surface area contributed by atoms with Crippen LogP contribution in [-0.4, -0.2) is 92.3 Å². The number of rotatable bonds is 9. The summed E-state index contributed by atoms with van der Waals surface area (Å²) in [5, 5.41) is 28.1. The molecule has 1 aromatic heterocycles. The summed E-state index contributed by atoms with van der Waals surface area (Å²) in [5.74, 6) is -2.77. The number of carbonyl (C=O) groups excluding carboxylic acids is 5. The van der Waals surface area contributed by atoms with Crippen molar-refractivity contribution in [1.29, 1.82) is 0 Å². The quantitative estimate of drug-likeness (QED) is 0.171. The third-order valence-electron chi connectivity index (χ3n) is 8.46. The van der Waals surface area contributed by atoms with E-state index in [9.17, 15) is 29.1 Å². The van der Waals surface area contributed by atoms with E-state index in [4.69, 9.17) is 4.74 Å². The van der Waals surface area contributed by atoms with Crippen molar-refractivity contribution in [2.45, 2.75) is 96.2 Å². The van der Waals surface area contributed by atoms with Gasteiger partial charge in [0, 0.05) is 19.4 Å². The van der Waals surface area contributed by atoms with Crippen molar-refractivity contribution in [3.63, 3.8) is 0 Å². The summed E-state index contributed by atoms with van der Waals surface area (Å²) in [6.45, 7) is 6.88. The molecule has 3 aromatic rings. The summed E-state index contributed by atoms with van der Waals surface area (Å²) < 4.78 is 7.71. The molecule has 5 amide bonds. The second kappa shape index (κ2) is 18.6. The minimum absolute atomic E-state index is 0.108. The van der Waals surface area contributed by atoms with Gasteiger partial charge in [-0.25, -0.2) is 4.98 Å². The number of aliphatic hydroxyl groups is 1. The van der Waals surface area contributed by atoms with Crippen molar-refractivity contribution in [1.82, 2.24) is 41.3 Å². The molecule has 274 valence electrons. The van der Waals surface area contributed by atoms with Gasteiger partial charge in [0.2, 0.25) is 29.5 Å². The molecule has 0 spiro atoms. The lowest BCUT2D eigenvalue weighted by atomic mass is 10.0. The lowest BCUT2D eigenvalue weighted by Crippen LogP contribution is -2.61. The number of aliphatic hydroxyl groups excluding tert-OH is 1. The molecule has 2 aliphatic heterocycles. The first-order chi connectivity index (χ1) is 24.4. The Labute approximate surface area is 297 Å². The molecule has 2 aliphatic rings. The standard InChI is InChI=1S/C36H48N8O7/c1-22(2)31-35(49)40-27(17-25-9-6-5-7-10-25)19-51-28-14-12-26(13-15-28)18-29(41-30(46)11-8-16-44-21-37-20-38-44)34(48)39-23(3)33(47)43-32(24(4)45)36(50)42-31/h5-7,9-10,12-15,20-24,27,29,31-32,45H,8,11,16-19H2,1-4H3,(H,39,48)(H,40,49)(H,41,46)(H,42,50)(H,43,47)/t23-,24-,27+,29+,31-,32+/m1/s1. The fourth-order valence-electron chi connectivity index (χ4n) is 5.56. The molecule has 0 saturated heterocycles. The van der Waals surface area contributed by atoms with Crippen LogP contribution in [0, 0.1) is 5.92 Å². The van der Waals surface area contributed by atoms with Gasteiger partial charge in [-0.3, -0.25) is 28.7 Å². The maximum atomic E-state index is 13.6. The third kappa shape index (κ3) is 11.9. The Morgan fingerprint density at radius 3 is 2.25 bits per heavy atom. The van der Waals surface area contributed by atoms with E-state index in [0.29, 0.717) is 25.1 Å². The molecule has 15 nitrogen and oxygen atoms in total. The normalized spacial score (nSPS) is 22.9. The predicted octanol–water partition coefficient (Wildman–Crippen LogP) is 0.417. The average Bonchev–Trinajstić information content (AvgIpc) is 3.62. The van der Waals surface area contributed by atoms with Crippen molar-refractivity contribution in [3.05, 3.63) is 78.4 Å². The fraction of sp³-hybridized carbons (Fsp3) is 0.472. The number of benzene rings is 2. The minimum Gasteiger partial charge on any atom is -0.491 e. The number of amides is 5. The molecule has 0 aliphatic carbocycles. The Morgan fingerprint density at radius 1 is 0.922 bits per heavy atom. The summed E-state index contributed by atoms with van der Waals surface area (Å²) >= 11 is 0. The van der Waals surface area contributed by atoms with Crippen molar-refractivity contribution in [2.75, 3.05) is 6.61 Å². The van der Waals surface area contributed by atoms with Crippen molar-refractivity contribution in [3.8, 4) is 5.75 Å². The van der Waals surface area contributed by atoms with Crippen LogP contribution >= 0.6 is 0 Å². The first-order valence-electron chi connectivity index (χ1n) is 17.2. The SMILES string of the molecule is CC(C)[C@H]1NC(=O)[C@H]([C@@H](C)O)NC(=O)[C@@H](C)NC(=O)[C@@H](NC(=O)CCCn2cncn2)Cc2ccc(cc2)OC[C@H](Cc2ccccc2)NC1=O. The molecule has 0 unspecified atom stereocenters. The van der Waals surface area contributed by atoms with Crippen LogP contribution in [0.5, 0.6) is 5.75 Å². The van der Waals surface area contributed by atoms with E-state index < -0.39 is 59.9 Å². The fourth-order valence-corrected chi connectivity index (χ4v) is 5.56. The van der Waals surface area contributed by atoms with Crippen molar-refractivity contribution in [2.24, 2.45) is 5.92 Å². The smallest absolute Gasteiger partial charge is 0.245 e. The molecule has 3 heterocycles. The van der Waals surface area contributed by atoms with Gasteiger partial charge in [0.1, 0.15) is 49.2 Å². The molecule has 15 heteroatoms. The molecule has 5 rings (SSSR count). The van der Waals surface area contributed by atoms with E-state index in [1.807, 2.05) is 30.3 Å². The van der Waals surface area contributed by atoms with Crippen LogP contribution < -0.4 is 31.3 Å². The number of fused-ring (bicyclic) bond motifs is 17. The number of carbonyl (C=O) groups is 5. The van der Waals surface area contributed by atoms with Gasteiger partial charge in [-0.1, -0.05) is 56.3 Å². The molecule has 0 radical (unpaired) electrons. The molecular weight excluding hydrogens is 656 g/mol. The van der Waals surface area contributed by atoms with E-state index >= 15 is 0 Å². The van der Waals surface area contributed by atoms with Gasteiger partial charge in [-0.15, -0.1) is 0 Å². The van der Waals surface area contributed by atoms with E-state index in [0.717, 1.165) is 11.1 Å². The monoisotopic (exact) mass is 704 g/mol. The molecule has 0 saturated carbocycles. The molecule has 2 bridgehead atoms. The molecule has 51 heavy (non-hydrogen) atoms.